The third-order valence-electron chi connectivity index (χ3n) is 3.30. The summed E-state index contributed by atoms with van der Waals surface area (Å²) in [4.78, 5) is 12.2. The average Bonchev–Trinajstić information content (AvgIpc) is 2.33. The first-order valence-electron chi connectivity index (χ1n) is 5.98. The number of piperidine rings is 1. The summed E-state index contributed by atoms with van der Waals surface area (Å²) in [5, 5.41) is 6.95. The molecule has 1 aliphatic heterocycles. The van der Waals surface area contributed by atoms with Gasteiger partial charge < -0.3 is 10.6 Å². The maximum Gasteiger partial charge on any atom is 0.251 e. The Morgan fingerprint density at radius 1 is 1.42 bits per heavy atom. The average molecular weight is 368 g/mol. The van der Waals surface area contributed by atoms with E-state index >= 15 is 0 Å². The molecule has 0 unspecified atom stereocenters. The highest BCUT2D eigenvalue weighted by Crippen LogP contribution is 2.24. The number of nitrogens with one attached hydrogen (secondary N) is 2. The lowest BCUT2D eigenvalue weighted by Gasteiger charge is -2.35. The van der Waals surface area contributed by atoms with Crippen LogP contribution in [-0.2, 0) is 0 Å². The number of amides is 1. The van der Waals surface area contributed by atoms with Crippen LogP contribution in [0.4, 0.5) is 0 Å². The molecule has 0 radical (unpaired) electrons. The predicted molar refractivity (Wildman–Crippen MR) is 84.4 cm³/mol. The molecular weight excluding hydrogens is 351 g/mol. The van der Waals surface area contributed by atoms with Crippen molar-refractivity contribution in [1.82, 2.24) is 10.6 Å². The zero-order valence-corrected chi connectivity index (χ0v) is 13.8. The van der Waals surface area contributed by atoms with Crippen molar-refractivity contribution >= 4 is 45.8 Å². The van der Waals surface area contributed by atoms with E-state index < -0.39 is 0 Å². The lowest BCUT2D eigenvalue weighted by atomic mass is 9.90. The zero-order chi connectivity index (χ0) is 13.2. The number of benzene rings is 1. The van der Waals surface area contributed by atoms with Gasteiger partial charge in [-0.15, -0.1) is 12.4 Å². The van der Waals surface area contributed by atoms with Gasteiger partial charge in [0.05, 0.1) is 5.02 Å². The van der Waals surface area contributed by atoms with Crippen LogP contribution in [-0.4, -0.2) is 24.5 Å². The molecule has 0 bridgehead atoms. The van der Waals surface area contributed by atoms with Crippen molar-refractivity contribution in [1.29, 1.82) is 0 Å². The van der Waals surface area contributed by atoms with Gasteiger partial charge in [-0.2, -0.15) is 0 Å². The van der Waals surface area contributed by atoms with Crippen LogP contribution in [0.15, 0.2) is 22.7 Å². The Kier molecular flexibility index (Phi) is 6.12. The standard InChI is InChI=1S/C13H16BrClN2O.ClH/c1-13(4-6-16-7-5-13)17-12(18)9-2-3-10(14)11(15)8-9;/h2-3,8,16H,4-7H2,1H3,(H,17,18);1H. The van der Waals surface area contributed by atoms with Crippen molar-refractivity contribution in [3.05, 3.63) is 33.3 Å². The number of hydrogen-bond donors (Lipinski definition) is 2. The van der Waals surface area contributed by atoms with E-state index in [9.17, 15) is 4.79 Å². The molecule has 1 aromatic rings. The molecule has 106 valence electrons. The molecule has 6 heteroatoms. The molecule has 1 saturated heterocycles. The lowest BCUT2D eigenvalue weighted by Crippen LogP contribution is -2.52. The third kappa shape index (κ3) is 4.35. The Balaban J connectivity index is 0.00000180. The number of hydrogen-bond acceptors (Lipinski definition) is 2. The smallest absolute Gasteiger partial charge is 0.251 e. The fourth-order valence-electron chi connectivity index (χ4n) is 2.09. The van der Waals surface area contributed by atoms with Gasteiger partial charge in [0.15, 0.2) is 0 Å². The van der Waals surface area contributed by atoms with Crippen molar-refractivity contribution in [3.63, 3.8) is 0 Å². The molecule has 0 saturated carbocycles. The number of carbonyl (C=O) groups is 1. The Morgan fingerprint density at radius 3 is 2.63 bits per heavy atom. The number of halogens is 3. The zero-order valence-electron chi connectivity index (χ0n) is 10.6. The monoisotopic (exact) mass is 366 g/mol. The molecular formula is C13H17BrCl2N2O. The number of carbonyl (C=O) groups excluding carboxylic acids is 1. The van der Waals surface area contributed by atoms with Crippen molar-refractivity contribution < 1.29 is 4.79 Å². The summed E-state index contributed by atoms with van der Waals surface area (Å²) in [6, 6.07) is 5.25. The van der Waals surface area contributed by atoms with Gasteiger partial charge in [0.1, 0.15) is 0 Å². The van der Waals surface area contributed by atoms with Crippen LogP contribution in [0.3, 0.4) is 0 Å². The van der Waals surface area contributed by atoms with Gasteiger partial charge in [-0.05, 0) is 67.0 Å². The highest BCUT2D eigenvalue weighted by Gasteiger charge is 2.28. The minimum Gasteiger partial charge on any atom is -0.347 e. The molecule has 1 amide bonds. The molecule has 0 spiro atoms. The summed E-state index contributed by atoms with van der Waals surface area (Å²) in [6.45, 7) is 3.97. The molecule has 19 heavy (non-hydrogen) atoms. The fraction of sp³-hybridized carbons (Fsp3) is 0.462. The summed E-state index contributed by atoms with van der Waals surface area (Å²) in [6.07, 6.45) is 1.89. The third-order valence-corrected chi connectivity index (χ3v) is 4.54. The summed E-state index contributed by atoms with van der Waals surface area (Å²) in [5.41, 5.74) is 0.477. The summed E-state index contributed by atoms with van der Waals surface area (Å²) in [7, 11) is 0. The second-order valence-electron chi connectivity index (χ2n) is 4.89. The number of rotatable bonds is 2. The van der Waals surface area contributed by atoms with E-state index in [1.807, 2.05) is 0 Å². The molecule has 1 heterocycles. The van der Waals surface area contributed by atoms with Crippen LogP contribution in [0.25, 0.3) is 0 Å². The molecule has 1 fully saturated rings. The van der Waals surface area contributed by atoms with Crippen LogP contribution < -0.4 is 10.6 Å². The highest BCUT2D eigenvalue weighted by atomic mass is 79.9. The van der Waals surface area contributed by atoms with Crippen molar-refractivity contribution in [3.8, 4) is 0 Å². The summed E-state index contributed by atoms with van der Waals surface area (Å²) >= 11 is 9.31. The molecule has 1 aromatic carbocycles. The molecule has 0 aliphatic carbocycles. The molecule has 1 aliphatic rings. The Labute approximate surface area is 133 Å². The van der Waals surface area contributed by atoms with Crippen LogP contribution in [0, 0.1) is 0 Å². The normalized spacial score (nSPS) is 17.4. The maximum absolute atomic E-state index is 12.2. The van der Waals surface area contributed by atoms with E-state index in [4.69, 9.17) is 11.6 Å². The van der Waals surface area contributed by atoms with Gasteiger partial charge in [-0.3, -0.25) is 4.79 Å². The molecule has 2 rings (SSSR count). The maximum atomic E-state index is 12.2. The van der Waals surface area contributed by atoms with Gasteiger partial charge in [-0.1, -0.05) is 11.6 Å². The van der Waals surface area contributed by atoms with E-state index in [1.165, 1.54) is 0 Å². The quantitative estimate of drug-likeness (QED) is 0.841. The largest absolute Gasteiger partial charge is 0.347 e. The second-order valence-corrected chi connectivity index (χ2v) is 6.16. The van der Waals surface area contributed by atoms with Crippen LogP contribution in [0.5, 0.6) is 0 Å². The summed E-state index contributed by atoms with van der Waals surface area (Å²) < 4.78 is 0.800. The Bertz CT molecular complexity index is 462. The first-order valence-corrected chi connectivity index (χ1v) is 7.16. The van der Waals surface area contributed by atoms with Crippen molar-refractivity contribution in [2.75, 3.05) is 13.1 Å². The van der Waals surface area contributed by atoms with Crippen LogP contribution in [0.1, 0.15) is 30.1 Å². The SMILES string of the molecule is CC1(NC(=O)c2ccc(Br)c(Cl)c2)CCNCC1.Cl. The summed E-state index contributed by atoms with van der Waals surface area (Å²) in [5.74, 6) is -0.0613. The molecule has 2 N–H and O–H groups in total. The highest BCUT2D eigenvalue weighted by molar-refractivity contribution is 9.10. The molecule has 3 nitrogen and oxygen atoms in total. The van der Waals surface area contributed by atoms with Crippen LogP contribution >= 0.6 is 39.9 Å². The van der Waals surface area contributed by atoms with Gasteiger partial charge in [0.25, 0.3) is 5.91 Å². The van der Waals surface area contributed by atoms with Gasteiger partial charge in [-0.25, -0.2) is 0 Å². The Hall–Kier alpha value is -0.290. The van der Waals surface area contributed by atoms with Gasteiger partial charge >= 0.3 is 0 Å². The topological polar surface area (TPSA) is 41.1 Å². The molecule has 0 aromatic heterocycles. The van der Waals surface area contributed by atoms with Crippen molar-refractivity contribution in [2.45, 2.75) is 25.3 Å². The van der Waals surface area contributed by atoms with Crippen LogP contribution in [0.2, 0.25) is 5.02 Å². The first-order chi connectivity index (χ1) is 8.50. The van der Waals surface area contributed by atoms with E-state index in [1.54, 1.807) is 18.2 Å². The predicted octanol–water partition coefficient (Wildman–Crippen LogP) is 3.40. The Morgan fingerprint density at radius 2 is 2.05 bits per heavy atom. The fourth-order valence-corrected chi connectivity index (χ4v) is 2.51. The van der Waals surface area contributed by atoms with E-state index in [0.717, 1.165) is 30.4 Å². The van der Waals surface area contributed by atoms with Gasteiger partial charge in [0.2, 0.25) is 0 Å². The minimum atomic E-state index is -0.123. The van der Waals surface area contributed by atoms with E-state index in [0.29, 0.717) is 10.6 Å². The van der Waals surface area contributed by atoms with E-state index in [2.05, 4.69) is 33.5 Å². The second kappa shape index (κ2) is 6.93. The molecule has 0 atom stereocenters. The van der Waals surface area contributed by atoms with E-state index in [-0.39, 0.29) is 23.9 Å². The minimum absolute atomic E-state index is 0. The first kappa shape index (κ1) is 16.8. The lowest BCUT2D eigenvalue weighted by molar-refractivity contribution is 0.0887. The van der Waals surface area contributed by atoms with Gasteiger partial charge in [0, 0.05) is 15.6 Å². The van der Waals surface area contributed by atoms with Crippen molar-refractivity contribution in [2.24, 2.45) is 0 Å².